The van der Waals surface area contributed by atoms with Crippen LogP contribution in [0.15, 0.2) is 15.4 Å². The van der Waals surface area contributed by atoms with Gasteiger partial charge in [-0.2, -0.15) is 5.11 Å². The van der Waals surface area contributed by atoms with Crippen LogP contribution in [0, 0.1) is 0 Å². The highest BCUT2D eigenvalue weighted by molar-refractivity contribution is 5.77. The number of amidine groups is 1. The fraction of sp³-hybridized carbons (Fsp3) is 0.889. The molecule has 1 aliphatic heterocycles. The molecule has 6 heteroatoms. The molecular formula is C9H20N6. The summed E-state index contributed by atoms with van der Waals surface area (Å²) in [7, 11) is 0. The molecule has 0 amide bonds. The Bertz CT molecular complexity index is 215. The van der Waals surface area contributed by atoms with Gasteiger partial charge in [-0.15, -0.1) is 5.10 Å². The van der Waals surface area contributed by atoms with Gasteiger partial charge in [-0.1, -0.05) is 0 Å². The molecule has 0 aromatic rings. The van der Waals surface area contributed by atoms with Gasteiger partial charge in [0, 0.05) is 32.7 Å². The van der Waals surface area contributed by atoms with Crippen molar-refractivity contribution >= 4 is 5.84 Å². The van der Waals surface area contributed by atoms with E-state index in [-0.39, 0.29) is 0 Å². The summed E-state index contributed by atoms with van der Waals surface area (Å²) in [6.45, 7) is 7.97. The van der Waals surface area contributed by atoms with Gasteiger partial charge in [-0.05, 0) is 18.6 Å². The molecule has 1 heterocycles. The number of nitrogens with two attached hydrogens (primary N) is 1. The second-order valence-corrected chi connectivity index (χ2v) is 3.64. The highest BCUT2D eigenvalue weighted by Crippen LogP contribution is 1.94. The summed E-state index contributed by atoms with van der Waals surface area (Å²) >= 11 is 0. The van der Waals surface area contributed by atoms with Gasteiger partial charge in [-0.3, -0.25) is 0 Å². The minimum Gasteiger partial charge on any atom is -0.386 e. The van der Waals surface area contributed by atoms with Gasteiger partial charge < -0.3 is 16.0 Å². The Hall–Kier alpha value is -1.01. The standard InChI is InChI=1S/C9H20N6/c1-9(10)13-14-12-3-2-6-15-7-4-11-5-8-15/h11H,2-8H2,1H3,(H2,10,12,13). The third-order valence-corrected chi connectivity index (χ3v) is 2.21. The SMILES string of the molecule is C/C(N)=N/N=NCCCN1CCNCC1. The van der Waals surface area contributed by atoms with Crippen LogP contribution in [0.2, 0.25) is 0 Å². The maximum absolute atomic E-state index is 5.31. The zero-order valence-electron chi connectivity index (χ0n) is 9.32. The predicted molar refractivity (Wildman–Crippen MR) is 60.9 cm³/mol. The largest absolute Gasteiger partial charge is 0.386 e. The number of hydrogen-bond acceptors (Lipinski definition) is 4. The van der Waals surface area contributed by atoms with Crippen molar-refractivity contribution in [1.82, 2.24) is 10.2 Å². The van der Waals surface area contributed by atoms with Crippen LogP contribution >= 0.6 is 0 Å². The van der Waals surface area contributed by atoms with E-state index < -0.39 is 0 Å². The molecule has 15 heavy (non-hydrogen) atoms. The quantitative estimate of drug-likeness (QED) is 0.222. The first-order chi connectivity index (χ1) is 7.29. The normalized spacial score (nSPS) is 19.9. The number of rotatable bonds is 5. The second-order valence-electron chi connectivity index (χ2n) is 3.64. The molecule has 1 saturated heterocycles. The molecule has 0 saturated carbocycles. The summed E-state index contributed by atoms with van der Waals surface area (Å²) in [4.78, 5) is 2.43. The van der Waals surface area contributed by atoms with E-state index in [2.05, 4.69) is 25.7 Å². The second kappa shape index (κ2) is 7.30. The lowest BCUT2D eigenvalue weighted by Gasteiger charge is -2.26. The predicted octanol–water partition coefficient (Wildman–Crippen LogP) is 0.0260. The first-order valence-corrected chi connectivity index (χ1v) is 5.38. The Kier molecular flexibility index (Phi) is 5.87. The molecule has 0 aromatic carbocycles. The molecule has 0 radical (unpaired) electrons. The third kappa shape index (κ3) is 6.14. The first-order valence-electron chi connectivity index (χ1n) is 5.38. The Morgan fingerprint density at radius 2 is 2.13 bits per heavy atom. The van der Waals surface area contributed by atoms with Crippen molar-refractivity contribution in [3.8, 4) is 0 Å². The summed E-state index contributed by atoms with van der Waals surface area (Å²) in [5.74, 6) is 0.445. The van der Waals surface area contributed by atoms with Crippen molar-refractivity contribution in [1.29, 1.82) is 0 Å². The molecule has 6 nitrogen and oxygen atoms in total. The van der Waals surface area contributed by atoms with E-state index in [9.17, 15) is 0 Å². The lowest BCUT2D eigenvalue weighted by Crippen LogP contribution is -2.43. The highest BCUT2D eigenvalue weighted by atomic mass is 15.4. The topological polar surface area (TPSA) is 78.4 Å². The molecule has 3 N–H and O–H groups in total. The van der Waals surface area contributed by atoms with E-state index in [1.54, 1.807) is 6.92 Å². The van der Waals surface area contributed by atoms with Crippen LogP contribution in [0.5, 0.6) is 0 Å². The molecule has 0 spiro atoms. The third-order valence-electron chi connectivity index (χ3n) is 2.21. The van der Waals surface area contributed by atoms with E-state index in [1.165, 1.54) is 0 Å². The minimum absolute atomic E-state index is 0.445. The van der Waals surface area contributed by atoms with Gasteiger partial charge in [0.15, 0.2) is 0 Å². The molecule has 0 aromatic heterocycles. The van der Waals surface area contributed by atoms with Crippen LogP contribution < -0.4 is 11.1 Å². The number of piperazine rings is 1. The minimum atomic E-state index is 0.445. The molecule has 0 atom stereocenters. The Morgan fingerprint density at radius 1 is 1.40 bits per heavy atom. The van der Waals surface area contributed by atoms with Gasteiger partial charge >= 0.3 is 0 Å². The molecule has 1 aliphatic rings. The van der Waals surface area contributed by atoms with Crippen molar-refractivity contribution in [2.24, 2.45) is 21.2 Å². The average Bonchev–Trinajstić information content (AvgIpc) is 2.24. The average molecular weight is 212 g/mol. The van der Waals surface area contributed by atoms with Gasteiger partial charge in [0.05, 0.1) is 6.54 Å². The van der Waals surface area contributed by atoms with E-state index in [0.717, 1.165) is 45.7 Å². The summed E-state index contributed by atoms with van der Waals surface area (Å²) in [6, 6.07) is 0. The molecule has 0 bridgehead atoms. The summed E-state index contributed by atoms with van der Waals surface area (Å²) in [6.07, 6.45) is 1.03. The monoisotopic (exact) mass is 212 g/mol. The van der Waals surface area contributed by atoms with Crippen LogP contribution in [-0.2, 0) is 0 Å². The van der Waals surface area contributed by atoms with Crippen molar-refractivity contribution in [3.63, 3.8) is 0 Å². The Morgan fingerprint density at radius 3 is 2.80 bits per heavy atom. The van der Waals surface area contributed by atoms with Crippen LogP contribution in [0.25, 0.3) is 0 Å². The molecular weight excluding hydrogens is 192 g/mol. The summed E-state index contributed by atoms with van der Waals surface area (Å²) < 4.78 is 0. The number of hydrogen-bond donors (Lipinski definition) is 2. The lowest BCUT2D eigenvalue weighted by atomic mass is 10.3. The van der Waals surface area contributed by atoms with E-state index >= 15 is 0 Å². The van der Waals surface area contributed by atoms with Crippen molar-refractivity contribution in [2.45, 2.75) is 13.3 Å². The van der Waals surface area contributed by atoms with Gasteiger partial charge in [-0.25, -0.2) is 0 Å². The van der Waals surface area contributed by atoms with E-state index in [0.29, 0.717) is 5.84 Å². The van der Waals surface area contributed by atoms with Crippen LogP contribution in [0.4, 0.5) is 0 Å². The summed E-state index contributed by atoms with van der Waals surface area (Å²) in [5, 5.41) is 14.5. The van der Waals surface area contributed by atoms with Crippen LogP contribution in [0.1, 0.15) is 13.3 Å². The van der Waals surface area contributed by atoms with E-state index in [4.69, 9.17) is 5.73 Å². The smallest absolute Gasteiger partial charge is 0.121 e. The molecule has 1 rings (SSSR count). The lowest BCUT2D eigenvalue weighted by molar-refractivity contribution is 0.239. The van der Waals surface area contributed by atoms with Gasteiger partial charge in [0.1, 0.15) is 5.84 Å². The van der Waals surface area contributed by atoms with Gasteiger partial charge in [0.25, 0.3) is 0 Å². The fourth-order valence-electron chi connectivity index (χ4n) is 1.45. The molecule has 0 unspecified atom stereocenters. The van der Waals surface area contributed by atoms with Crippen molar-refractivity contribution < 1.29 is 0 Å². The Balaban J connectivity index is 2.00. The van der Waals surface area contributed by atoms with Crippen LogP contribution in [0.3, 0.4) is 0 Å². The maximum atomic E-state index is 5.31. The highest BCUT2D eigenvalue weighted by Gasteiger charge is 2.07. The van der Waals surface area contributed by atoms with Crippen LogP contribution in [-0.4, -0.2) is 50.0 Å². The molecule has 1 fully saturated rings. The fourth-order valence-corrected chi connectivity index (χ4v) is 1.45. The molecule has 86 valence electrons. The zero-order chi connectivity index (χ0) is 10.9. The van der Waals surface area contributed by atoms with E-state index in [1.807, 2.05) is 0 Å². The summed E-state index contributed by atoms with van der Waals surface area (Å²) in [5.41, 5.74) is 5.31. The zero-order valence-corrected chi connectivity index (χ0v) is 9.32. The first kappa shape index (κ1) is 12.1. The van der Waals surface area contributed by atoms with Crippen molar-refractivity contribution in [2.75, 3.05) is 39.3 Å². The maximum Gasteiger partial charge on any atom is 0.121 e. The Labute approximate surface area is 90.6 Å². The number of nitrogens with zero attached hydrogens (tertiary/aromatic N) is 4. The molecule has 0 aliphatic carbocycles. The van der Waals surface area contributed by atoms with Crippen molar-refractivity contribution in [3.05, 3.63) is 0 Å². The van der Waals surface area contributed by atoms with Gasteiger partial charge in [0.2, 0.25) is 0 Å². The number of nitrogens with one attached hydrogen (secondary N) is 1.